The zero-order chi connectivity index (χ0) is 15.3. The second-order valence-electron chi connectivity index (χ2n) is 4.19. The van der Waals surface area contributed by atoms with Gasteiger partial charge in [-0.1, -0.05) is 59.8 Å². The van der Waals surface area contributed by atoms with Crippen LogP contribution in [0.1, 0.15) is 16.7 Å². The number of alkyl halides is 3. The minimum Gasteiger partial charge on any atom is -0.165 e. The molecule has 0 aliphatic rings. The van der Waals surface area contributed by atoms with E-state index in [-0.39, 0.29) is 0 Å². The first-order chi connectivity index (χ1) is 9.97. The molecule has 0 aromatic heterocycles. The Morgan fingerprint density at radius 2 is 1.52 bits per heavy atom. The van der Waals surface area contributed by atoms with E-state index in [2.05, 4.69) is 11.8 Å². The van der Waals surface area contributed by atoms with Gasteiger partial charge in [-0.3, -0.25) is 0 Å². The van der Waals surface area contributed by atoms with Crippen LogP contribution in [0.3, 0.4) is 0 Å². The van der Waals surface area contributed by atoms with Crippen LogP contribution in [0.15, 0.2) is 59.6 Å². The highest BCUT2D eigenvalue weighted by Gasteiger charge is 2.32. The first-order valence-electron chi connectivity index (χ1n) is 6.07. The van der Waals surface area contributed by atoms with Gasteiger partial charge in [-0.25, -0.2) is 0 Å². The highest BCUT2D eigenvalue weighted by atomic mass is 35.5. The molecular formula is C17H10ClF3. The fourth-order valence-electron chi connectivity index (χ4n) is 1.62. The predicted molar refractivity (Wildman–Crippen MR) is 78.7 cm³/mol. The molecular weight excluding hydrogens is 297 g/mol. The molecule has 0 bridgehead atoms. The summed E-state index contributed by atoms with van der Waals surface area (Å²) in [5, 5.41) is -1.17. The first-order valence-corrected chi connectivity index (χ1v) is 6.45. The molecule has 0 fully saturated rings. The van der Waals surface area contributed by atoms with Crippen LogP contribution in [0.5, 0.6) is 0 Å². The Kier molecular flexibility index (Phi) is 4.72. The minimum absolute atomic E-state index is 0.336. The number of allylic oxidation sites excluding steroid dienone is 1. The largest absolute Gasteiger partial charge is 0.426 e. The van der Waals surface area contributed by atoms with E-state index in [9.17, 15) is 13.2 Å². The Bertz CT molecular complexity index is 704. The van der Waals surface area contributed by atoms with Crippen molar-refractivity contribution in [1.29, 1.82) is 0 Å². The summed E-state index contributed by atoms with van der Waals surface area (Å²) in [5.74, 6) is 5.78. The highest BCUT2D eigenvalue weighted by Crippen LogP contribution is 2.30. The molecule has 0 saturated heterocycles. The number of hydrogen-bond donors (Lipinski definition) is 0. The highest BCUT2D eigenvalue weighted by molar-refractivity contribution is 6.32. The Morgan fingerprint density at radius 1 is 0.905 bits per heavy atom. The third-order valence-corrected chi connectivity index (χ3v) is 2.95. The Labute approximate surface area is 125 Å². The monoisotopic (exact) mass is 306 g/mol. The molecule has 0 amide bonds. The predicted octanol–water partition coefficient (Wildman–Crippen LogP) is 5.23. The second kappa shape index (κ2) is 6.51. The van der Waals surface area contributed by atoms with E-state index in [0.29, 0.717) is 11.1 Å². The van der Waals surface area contributed by atoms with Crippen LogP contribution in [0.2, 0.25) is 0 Å². The lowest BCUT2D eigenvalue weighted by Crippen LogP contribution is -2.06. The van der Waals surface area contributed by atoms with Crippen LogP contribution in [0.4, 0.5) is 13.2 Å². The maximum absolute atomic E-state index is 12.5. The molecule has 0 aliphatic carbocycles. The summed E-state index contributed by atoms with van der Waals surface area (Å²) in [5.41, 5.74) is 1.62. The van der Waals surface area contributed by atoms with Gasteiger partial charge >= 0.3 is 6.18 Å². The zero-order valence-corrected chi connectivity index (χ0v) is 11.5. The van der Waals surface area contributed by atoms with Gasteiger partial charge in [0, 0.05) is 11.1 Å². The third kappa shape index (κ3) is 4.40. The molecule has 0 radical (unpaired) electrons. The normalized spacial score (nSPS) is 11.7. The van der Waals surface area contributed by atoms with Gasteiger partial charge in [-0.05, 0) is 29.8 Å². The van der Waals surface area contributed by atoms with Crippen molar-refractivity contribution in [1.82, 2.24) is 0 Å². The Balaban J connectivity index is 2.37. The number of halogens is 4. The molecule has 0 unspecified atom stereocenters. The van der Waals surface area contributed by atoms with Crippen LogP contribution in [-0.2, 0) is 0 Å². The van der Waals surface area contributed by atoms with Crippen LogP contribution < -0.4 is 0 Å². The van der Waals surface area contributed by atoms with Gasteiger partial charge in [0.05, 0.1) is 0 Å². The van der Waals surface area contributed by atoms with Gasteiger partial charge in [0.1, 0.15) is 5.03 Å². The van der Waals surface area contributed by atoms with Crippen molar-refractivity contribution in [2.24, 2.45) is 0 Å². The van der Waals surface area contributed by atoms with Gasteiger partial charge in [-0.15, -0.1) is 0 Å². The van der Waals surface area contributed by atoms with Crippen molar-refractivity contribution >= 4 is 17.7 Å². The smallest absolute Gasteiger partial charge is 0.165 e. The number of hydrogen-bond acceptors (Lipinski definition) is 0. The minimum atomic E-state index is -4.55. The third-order valence-electron chi connectivity index (χ3n) is 2.63. The lowest BCUT2D eigenvalue weighted by atomic mass is 10.1. The Hall–Kier alpha value is -2.18. The molecule has 106 valence electrons. The molecule has 4 heteroatoms. The molecule has 0 saturated carbocycles. The van der Waals surface area contributed by atoms with Gasteiger partial charge < -0.3 is 0 Å². The van der Waals surface area contributed by atoms with Gasteiger partial charge in [0.15, 0.2) is 0 Å². The van der Waals surface area contributed by atoms with Gasteiger partial charge in [0.2, 0.25) is 0 Å². The van der Waals surface area contributed by atoms with Gasteiger partial charge in [-0.2, -0.15) is 13.2 Å². The standard InChI is InChI=1S/C17H10ClF3/c18-16(17(19,20)21)12-15-9-5-4-8-14(15)11-10-13-6-2-1-3-7-13/h1-9,12H/b16-12+. The number of benzene rings is 2. The molecule has 0 heterocycles. The molecule has 0 aliphatic heterocycles. The maximum atomic E-state index is 12.5. The number of rotatable bonds is 1. The van der Waals surface area contributed by atoms with Crippen molar-refractivity contribution in [3.8, 4) is 11.8 Å². The van der Waals surface area contributed by atoms with Crippen LogP contribution in [0.25, 0.3) is 6.08 Å². The molecule has 0 spiro atoms. The van der Waals surface area contributed by atoms with E-state index in [1.165, 1.54) is 0 Å². The fraction of sp³-hybridized carbons (Fsp3) is 0.0588. The SMILES string of the molecule is FC(F)(F)/C(Cl)=C\c1ccccc1C#Cc1ccccc1. The van der Waals surface area contributed by atoms with E-state index in [0.717, 1.165) is 11.6 Å². The molecule has 21 heavy (non-hydrogen) atoms. The van der Waals surface area contributed by atoms with E-state index in [1.807, 2.05) is 30.3 Å². The van der Waals surface area contributed by atoms with Crippen molar-refractivity contribution in [2.75, 3.05) is 0 Å². The molecule has 2 rings (SSSR count). The van der Waals surface area contributed by atoms with Crippen molar-refractivity contribution in [3.05, 3.63) is 76.3 Å². The van der Waals surface area contributed by atoms with E-state index < -0.39 is 11.2 Å². The first kappa shape index (κ1) is 15.2. The molecule has 2 aromatic carbocycles. The van der Waals surface area contributed by atoms with Crippen LogP contribution in [0, 0.1) is 11.8 Å². The molecule has 2 aromatic rings. The molecule has 0 nitrogen and oxygen atoms in total. The van der Waals surface area contributed by atoms with Crippen LogP contribution in [-0.4, -0.2) is 6.18 Å². The summed E-state index contributed by atoms with van der Waals surface area (Å²) in [6.07, 6.45) is -3.67. The summed E-state index contributed by atoms with van der Waals surface area (Å²) >= 11 is 5.27. The molecule has 0 N–H and O–H groups in total. The second-order valence-corrected chi connectivity index (χ2v) is 4.60. The molecule has 0 atom stereocenters. The van der Waals surface area contributed by atoms with E-state index >= 15 is 0 Å². The van der Waals surface area contributed by atoms with E-state index in [4.69, 9.17) is 11.6 Å². The summed E-state index contributed by atoms with van der Waals surface area (Å²) < 4.78 is 37.4. The lowest BCUT2D eigenvalue weighted by molar-refractivity contribution is -0.0836. The fourth-order valence-corrected chi connectivity index (χ4v) is 1.73. The lowest BCUT2D eigenvalue weighted by Gasteiger charge is -2.05. The van der Waals surface area contributed by atoms with Crippen molar-refractivity contribution in [2.45, 2.75) is 6.18 Å². The Morgan fingerprint density at radius 3 is 2.19 bits per heavy atom. The van der Waals surface area contributed by atoms with E-state index in [1.54, 1.807) is 24.3 Å². The van der Waals surface area contributed by atoms with Gasteiger partial charge in [0.25, 0.3) is 0 Å². The van der Waals surface area contributed by atoms with Crippen LogP contribution >= 0.6 is 11.6 Å². The summed E-state index contributed by atoms with van der Waals surface area (Å²) in [7, 11) is 0. The maximum Gasteiger partial charge on any atom is 0.426 e. The van der Waals surface area contributed by atoms with Crippen molar-refractivity contribution in [3.63, 3.8) is 0 Å². The summed E-state index contributed by atoms with van der Waals surface area (Å²) in [6.45, 7) is 0. The summed E-state index contributed by atoms with van der Waals surface area (Å²) in [6, 6.07) is 15.8. The quantitative estimate of drug-likeness (QED) is 0.633. The topological polar surface area (TPSA) is 0 Å². The average molecular weight is 307 g/mol. The van der Waals surface area contributed by atoms with Crippen molar-refractivity contribution < 1.29 is 13.2 Å². The summed E-state index contributed by atoms with van der Waals surface area (Å²) in [4.78, 5) is 0. The average Bonchev–Trinajstić information content (AvgIpc) is 2.46. The zero-order valence-electron chi connectivity index (χ0n) is 10.8.